The van der Waals surface area contributed by atoms with Crippen molar-refractivity contribution in [3.05, 3.63) is 65.2 Å². The zero-order valence-electron chi connectivity index (χ0n) is 15.1. The van der Waals surface area contributed by atoms with E-state index in [2.05, 4.69) is 71.0 Å². The Labute approximate surface area is 151 Å². The van der Waals surface area contributed by atoms with Crippen molar-refractivity contribution in [2.24, 2.45) is 0 Å². The number of benzene rings is 2. The highest BCUT2D eigenvalue weighted by Crippen LogP contribution is 2.14. The fraction of sp³-hybridized carbons (Fsp3) is 0.429. The molecular formula is C21H29N3O. The van der Waals surface area contributed by atoms with Crippen molar-refractivity contribution in [3.63, 3.8) is 0 Å². The second kappa shape index (κ2) is 9.56. The van der Waals surface area contributed by atoms with Crippen molar-refractivity contribution < 1.29 is 4.74 Å². The minimum atomic E-state index is 0.615. The number of hydrogen-bond acceptors (Lipinski definition) is 4. The fourth-order valence-corrected chi connectivity index (χ4v) is 3.08. The van der Waals surface area contributed by atoms with Crippen molar-refractivity contribution in [1.82, 2.24) is 15.5 Å². The normalized spacial score (nSPS) is 15.2. The molecule has 25 heavy (non-hydrogen) atoms. The van der Waals surface area contributed by atoms with E-state index in [9.17, 15) is 0 Å². The summed E-state index contributed by atoms with van der Waals surface area (Å²) < 4.78 is 5.87. The second-order valence-corrected chi connectivity index (χ2v) is 6.69. The van der Waals surface area contributed by atoms with E-state index in [1.807, 2.05) is 0 Å². The van der Waals surface area contributed by atoms with Gasteiger partial charge in [0.25, 0.3) is 0 Å². The monoisotopic (exact) mass is 339 g/mol. The van der Waals surface area contributed by atoms with Gasteiger partial charge in [0.05, 0.1) is 0 Å². The summed E-state index contributed by atoms with van der Waals surface area (Å²) in [4.78, 5) is 2.51. The molecular weight excluding hydrogens is 310 g/mol. The summed E-state index contributed by atoms with van der Waals surface area (Å²) in [6.45, 7) is 10.3. The van der Waals surface area contributed by atoms with Crippen LogP contribution in [0, 0.1) is 6.92 Å². The summed E-state index contributed by atoms with van der Waals surface area (Å²) >= 11 is 0. The van der Waals surface area contributed by atoms with Gasteiger partial charge in [0.15, 0.2) is 0 Å². The predicted octanol–water partition coefficient (Wildman–Crippen LogP) is 2.57. The average molecular weight is 339 g/mol. The van der Waals surface area contributed by atoms with Gasteiger partial charge in [-0.2, -0.15) is 0 Å². The Balaban J connectivity index is 1.36. The maximum absolute atomic E-state index is 5.87. The SMILES string of the molecule is Cc1cccc(COc2ccc(CNCCN3CCNCC3)cc2)c1. The lowest BCUT2D eigenvalue weighted by atomic mass is 10.1. The van der Waals surface area contributed by atoms with Gasteiger partial charge in [-0.3, -0.25) is 4.90 Å². The van der Waals surface area contributed by atoms with Crippen LogP contribution in [0.5, 0.6) is 5.75 Å². The van der Waals surface area contributed by atoms with Crippen molar-refractivity contribution in [1.29, 1.82) is 0 Å². The highest BCUT2D eigenvalue weighted by Gasteiger charge is 2.08. The van der Waals surface area contributed by atoms with Crippen LogP contribution in [0.15, 0.2) is 48.5 Å². The van der Waals surface area contributed by atoms with Crippen LogP contribution in [0.1, 0.15) is 16.7 Å². The van der Waals surface area contributed by atoms with Gasteiger partial charge >= 0.3 is 0 Å². The molecule has 1 fully saturated rings. The summed E-state index contributed by atoms with van der Waals surface area (Å²) in [6.07, 6.45) is 0. The molecule has 2 aromatic carbocycles. The molecule has 3 rings (SSSR count). The van der Waals surface area contributed by atoms with Gasteiger partial charge in [-0.15, -0.1) is 0 Å². The molecule has 4 nitrogen and oxygen atoms in total. The molecule has 2 N–H and O–H groups in total. The van der Waals surface area contributed by atoms with Gasteiger partial charge in [-0.25, -0.2) is 0 Å². The number of hydrogen-bond donors (Lipinski definition) is 2. The van der Waals surface area contributed by atoms with Crippen LogP contribution in [-0.2, 0) is 13.2 Å². The lowest BCUT2D eigenvalue weighted by molar-refractivity contribution is 0.241. The van der Waals surface area contributed by atoms with E-state index < -0.39 is 0 Å². The standard InChI is InChI=1S/C21H29N3O/c1-18-3-2-4-20(15-18)17-25-21-7-5-19(6-8-21)16-23-11-14-24-12-9-22-10-13-24/h2-8,15,22-23H,9-14,16-17H2,1H3. The molecule has 0 unspecified atom stereocenters. The molecule has 2 aromatic rings. The van der Waals surface area contributed by atoms with Crippen LogP contribution in [0.2, 0.25) is 0 Å². The first-order chi connectivity index (χ1) is 12.3. The second-order valence-electron chi connectivity index (χ2n) is 6.69. The Hall–Kier alpha value is -1.88. The predicted molar refractivity (Wildman–Crippen MR) is 103 cm³/mol. The third-order valence-electron chi connectivity index (χ3n) is 4.55. The molecule has 1 heterocycles. The largest absolute Gasteiger partial charge is 0.489 e. The maximum Gasteiger partial charge on any atom is 0.119 e. The quantitative estimate of drug-likeness (QED) is 0.725. The number of rotatable bonds is 8. The zero-order valence-corrected chi connectivity index (χ0v) is 15.1. The Morgan fingerprint density at radius 2 is 1.84 bits per heavy atom. The van der Waals surface area contributed by atoms with E-state index in [4.69, 9.17) is 4.74 Å². The Morgan fingerprint density at radius 3 is 2.60 bits per heavy atom. The van der Waals surface area contributed by atoms with Gasteiger partial charge in [0.2, 0.25) is 0 Å². The first kappa shape index (κ1) is 17.9. The molecule has 0 spiro atoms. The summed E-state index contributed by atoms with van der Waals surface area (Å²) in [6, 6.07) is 16.8. The van der Waals surface area contributed by atoms with Crippen molar-refractivity contribution in [2.45, 2.75) is 20.1 Å². The van der Waals surface area contributed by atoms with Gasteiger partial charge in [-0.05, 0) is 30.2 Å². The third kappa shape index (κ3) is 6.16. The maximum atomic E-state index is 5.87. The van der Waals surface area contributed by atoms with E-state index in [1.54, 1.807) is 0 Å². The Kier molecular flexibility index (Phi) is 6.86. The summed E-state index contributed by atoms with van der Waals surface area (Å²) in [5, 5.41) is 6.92. The number of ether oxygens (including phenoxy) is 1. The fourth-order valence-electron chi connectivity index (χ4n) is 3.08. The molecule has 4 heteroatoms. The lowest BCUT2D eigenvalue weighted by Crippen LogP contribution is -2.45. The third-order valence-corrected chi connectivity index (χ3v) is 4.55. The van der Waals surface area contributed by atoms with E-state index in [0.29, 0.717) is 6.61 Å². The van der Waals surface area contributed by atoms with Crippen LogP contribution in [0.25, 0.3) is 0 Å². The highest BCUT2D eigenvalue weighted by atomic mass is 16.5. The van der Waals surface area contributed by atoms with Crippen LogP contribution in [0.3, 0.4) is 0 Å². The highest BCUT2D eigenvalue weighted by molar-refractivity contribution is 5.28. The van der Waals surface area contributed by atoms with Gasteiger partial charge in [-0.1, -0.05) is 42.0 Å². The van der Waals surface area contributed by atoms with E-state index >= 15 is 0 Å². The molecule has 0 atom stereocenters. The molecule has 0 bridgehead atoms. The molecule has 134 valence electrons. The minimum Gasteiger partial charge on any atom is -0.489 e. The molecule has 1 aliphatic rings. The number of aryl methyl sites for hydroxylation is 1. The minimum absolute atomic E-state index is 0.615. The first-order valence-corrected chi connectivity index (χ1v) is 9.21. The van der Waals surface area contributed by atoms with E-state index in [1.165, 1.54) is 16.7 Å². The van der Waals surface area contributed by atoms with Crippen molar-refractivity contribution >= 4 is 0 Å². The molecule has 0 aromatic heterocycles. The zero-order chi connectivity index (χ0) is 17.3. The smallest absolute Gasteiger partial charge is 0.119 e. The van der Waals surface area contributed by atoms with Gasteiger partial charge < -0.3 is 15.4 Å². The first-order valence-electron chi connectivity index (χ1n) is 9.21. The molecule has 0 radical (unpaired) electrons. The summed E-state index contributed by atoms with van der Waals surface area (Å²) in [5.74, 6) is 0.922. The number of piperazine rings is 1. The molecule has 1 saturated heterocycles. The van der Waals surface area contributed by atoms with Crippen LogP contribution in [-0.4, -0.2) is 44.2 Å². The van der Waals surface area contributed by atoms with E-state index in [0.717, 1.165) is 51.6 Å². The topological polar surface area (TPSA) is 36.5 Å². The molecule has 0 aliphatic carbocycles. The number of nitrogens with zero attached hydrogens (tertiary/aromatic N) is 1. The number of nitrogens with one attached hydrogen (secondary N) is 2. The average Bonchev–Trinajstić information content (AvgIpc) is 2.65. The Morgan fingerprint density at radius 1 is 1.04 bits per heavy atom. The molecule has 0 saturated carbocycles. The summed E-state index contributed by atoms with van der Waals surface area (Å²) in [7, 11) is 0. The molecule has 0 amide bonds. The van der Waals surface area contributed by atoms with Gasteiger partial charge in [0, 0.05) is 45.8 Å². The summed E-state index contributed by atoms with van der Waals surface area (Å²) in [5.41, 5.74) is 3.77. The van der Waals surface area contributed by atoms with Crippen LogP contribution in [0.4, 0.5) is 0 Å². The Bertz CT molecular complexity index is 636. The molecule has 1 aliphatic heterocycles. The van der Waals surface area contributed by atoms with Crippen LogP contribution < -0.4 is 15.4 Å². The van der Waals surface area contributed by atoms with Gasteiger partial charge in [0.1, 0.15) is 12.4 Å². The van der Waals surface area contributed by atoms with E-state index in [-0.39, 0.29) is 0 Å². The van der Waals surface area contributed by atoms with Crippen molar-refractivity contribution in [3.8, 4) is 5.75 Å². The van der Waals surface area contributed by atoms with Crippen molar-refractivity contribution in [2.75, 3.05) is 39.3 Å². The van der Waals surface area contributed by atoms with Crippen LogP contribution >= 0.6 is 0 Å². The lowest BCUT2D eigenvalue weighted by Gasteiger charge is -2.27.